The molecule has 2 aromatic heterocycles. The molecule has 1 aliphatic heterocycles. The SMILES string of the molecule is N#Cc1cccc(CS(=O)(=O)N2CCN(c3ncnc4[nH]ccc34)CC23CC3)c1. The van der Waals surface area contributed by atoms with Crippen molar-refractivity contribution in [1.82, 2.24) is 19.3 Å². The summed E-state index contributed by atoms with van der Waals surface area (Å²) in [5, 5.41) is 10.0. The van der Waals surface area contributed by atoms with E-state index < -0.39 is 10.0 Å². The van der Waals surface area contributed by atoms with Gasteiger partial charge in [0.15, 0.2) is 0 Å². The van der Waals surface area contributed by atoms with Gasteiger partial charge >= 0.3 is 0 Å². The lowest BCUT2D eigenvalue weighted by atomic mass is 10.1. The lowest BCUT2D eigenvalue weighted by molar-refractivity contribution is 0.270. The Labute approximate surface area is 168 Å². The molecule has 1 saturated carbocycles. The number of nitriles is 1. The number of fused-ring (bicyclic) bond motifs is 1. The summed E-state index contributed by atoms with van der Waals surface area (Å²) in [6.07, 6.45) is 5.08. The maximum atomic E-state index is 13.2. The molecule has 9 heteroatoms. The number of sulfonamides is 1. The molecule has 0 bridgehead atoms. The fourth-order valence-electron chi connectivity index (χ4n) is 4.26. The Morgan fingerprint density at radius 1 is 1.21 bits per heavy atom. The number of nitrogens with zero attached hydrogens (tertiary/aromatic N) is 5. The predicted molar refractivity (Wildman–Crippen MR) is 109 cm³/mol. The molecular formula is C20H20N6O2S. The van der Waals surface area contributed by atoms with E-state index in [1.807, 2.05) is 12.3 Å². The van der Waals surface area contributed by atoms with Crippen LogP contribution in [0.25, 0.3) is 11.0 Å². The summed E-state index contributed by atoms with van der Waals surface area (Å²) in [7, 11) is -3.49. The van der Waals surface area contributed by atoms with E-state index in [1.54, 1.807) is 34.9 Å². The summed E-state index contributed by atoms with van der Waals surface area (Å²) >= 11 is 0. The minimum atomic E-state index is -3.49. The number of aromatic nitrogens is 3. The van der Waals surface area contributed by atoms with Crippen LogP contribution in [0.5, 0.6) is 0 Å². The minimum absolute atomic E-state index is 0.0835. The Morgan fingerprint density at radius 2 is 2.07 bits per heavy atom. The summed E-state index contributed by atoms with van der Waals surface area (Å²) in [6.45, 7) is 1.63. The zero-order valence-electron chi connectivity index (χ0n) is 15.7. The molecule has 3 heterocycles. The highest BCUT2D eigenvalue weighted by molar-refractivity contribution is 7.88. The van der Waals surface area contributed by atoms with E-state index in [0.717, 1.165) is 29.7 Å². The third-order valence-corrected chi connectivity index (χ3v) is 7.73. The second kappa shape index (κ2) is 6.54. The van der Waals surface area contributed by atoms with Crippen molar-refractivity contribution in [3.8, 4) is 6.07 Å². The number of piperazine rings is 1. The Balaban J connectivity index is 1.40. The van der Waals surface area contributed by atoms with E-state index in [4.69, 9.17) is 5.26 Å². The van der Waals surface area contributed by atoms with Crippen molar-refractivity contribution < 1.29 is 8.42 Å². The van der Waals surface area contributed by atoms with Gasteiger partial charge in [0.1, 0.15) is 17.8 Å². The summed E-state index contributed by atoms with van der Waals surface area (Å²) in [6, 6.07) is 10.8. The molecule has 0 atom stereocenters. The van der Waals surface area contributed by atoms with E-state index in [-0.39, 0.29) is 11.3 Å². The largest absolute Gasteiger partial charge is 0.353 e. The zero-order chi connectivity index (χ0) is 20.1. The van der Waals surface area contributed by atoms with Crippen LogP contribution < -0.4 is 4.90 Å². The molecular weight excluding hydrogens is 388 g/mol. The number of nitrogens with one attached hydrogen (secondary N) is 1. The summed E-state index contributed by atoms with van der Waals surface area (Å²) in [5.41, 5.74) is 1.54. The van der Waals surface area contributed by atoms with E-state index in [9.17, 15) is 8.42 Å². The van der Waals surface area contributed by atoms with E-state index in [1.165, 1.54) is 0 Å². The summed E-state index contributed by atoms with van der Waals surface area (Å²) < 4.78 is 28.1. The minimum Gasteiger partial charge on any atom is -0.353 e. The van der Waals surface area contributed by atoms with Crippen molar-refractivity contribution >= 4 is 26.9 Å². The maximum absolute atomic E-state index is 13.2. The highest BCUT2D eigenvalue weighted by Gasteiger charge is 2.55. The molecule has 1 aliphatic carbocycles. The maximum Gasteiger partial charge on any atom is 0.218 e. The fourth-order valence-corrected chi connectivity index (χ4v) is 6.21. The van der Waals surface area contributed by atoms with Gasteiger partial charge in [-0.25, -0.2) is 18.4 Å². The third-order valence-electron chi connectivity index (χ3n) is 5.79. The molecule has 0 amide bonds. The van der Waals surface area contributed by atoms with Crippen LogP contribution in [0.15, 0.2) is 42.9 Å². The first-order valence-corrected chi connectivity index (χ1v) is 11.1. The van der Waals surface area contributed by atoms with Crippen LogP contribution in [-0.4, -0.2) is 52.8 Å². The van der Waals surface area contributed by atoms with Gasteiger partial charge in [-0.3, -0.25) is 0 Å². The van der Waals surface area contributed by atoms with Gasteiger partial charge in [-0.15, -0.1) is 0 Å². The first kappa shape index (κ1) is 18.1. The van der Waals surface area contributed by atoms with E-state index >= 15 is 0 Å². The molecule has 2 aliphatic rings. The number of aromatic amines is 1. The molecule has 8 nitrogen and oxygen atoms in total. The van der Waals surface area contributed by atoms with Gasteiger partial charge in [0.25, 0.3) is 0 Å². The van der Waals surface area contributed by atoms with Crippen LogP contribution >= 0.6 is 0 Å². The molecule has 0 unspecified atom stereocenters. The number of anilines is 1. The molecule has 0 radical (unpaired) electrons. The summed E-state index contributed by atoms with van der Waals surface area (Å²) in [5.74, 6) is 0.765. The number of rotatable bonds is 4. The Bertz CT molecular complexity index is 1220. The van der Waals surface area contributed by atoms with E-state index in [2.05, 4.69) is 25.9 Å². The predicted octanol–water partition coefficient (Wildman–Crippen LogP) is 2.01. The molecule has 1 aromatic carbocycles. The molecule has 29 heavy (non-hydrogen) atoms. The van der Waals surface area contributed by atoms with Crippen LogP contribution in [0.4, 0.5) is 5.82 Å². The van der Waals surface area contributed by atoms with Crippen LogP contribution in [0.2, 0.25) is 0 Å². The van der Waals surface area contributed by atoms with Gasteiger partial charge in [-0.1, -0.05) is 12.1 Å². The Hall–Kier alpha value is -2.96. The molecule has 148 valence electrons. The average Bonchev–Trinajstić information content (AvgIpc) is 3.28. The number of benzene rings is 1. The molecule has 1 N–H and O–H groups in total. The van der Waals surface area contributed by atoms with Gasteiger partial charge in [-0.2, -0.15) is 9.57 Å². The van der Waals surface area contributed by atoms with Gasteiger partial charge in [0, 0.05) is 25.8 Å². The van der Waals surface area contributed by atoms with Gasteiger partial charge in [0.05, 0.1) is 28.3 Å². The summed E-state index contributed by atoms with van der Waals surface area (Å²) in [4.78, 5) is 14.0. The van der Waals surface area contributed by atoms with Crippen molar-refractivity contribution in [1.29, 1.82) is 5.26 Å². The van der Waals surface area contributed by atoms with Crippen LogP contribution in [0.3, 0.4) is 0 Å². The monoisotopic (exact) mass is 408 g/mol. The smallest absolute Gasteiger partial charge is 0.218 e. The standard InChI is InChI=1S/C20H20N6O2S/c21-11-15-2-1-3-16(10-15)12-29(27,28)26-9-8-25(13-20(26)5-6-20)19-17-4-7-22-18(17)23-14-24-19/h1-4,7,10,14H,5-6,8-9,12-13H2,(H,22,23,24). The number of hydrogen-bond donors (Lipinski definition) is 1. The van der Waals surface area contributed by atoms with Crippen LogP contribution in [-0.2, 0) is 15.8 Å². The first-order valence-electron chi connectivity index (χ1n) is 9.53. The second-order valence-electron chi connectivity index (χ2n) is 7.72. The second-order valence-corrected chi connectivity index (χ2v) is 9.62. The lowest BCUT2D eigenvalue weighted by Crippen LogP contribution is -2.57. The molecule has 2 fully saturated rings. The average molecular weight is 408 g/mol. The Morgan fingerprint density at radius 3 is 2.86 bits per heavy atom. The molecule has 5 rings (SSSR count). The lowest BCUT2D eigenvalue weighted by Gasteiger charge is -2.41. The highest BCUT2D eigenvalue weighted by Crippen LogP contribution is 2.47. The van der Waals surface area contributed by atoms with Crippen molar-refractivity contribution in [2.24, 2.45) is 0 Å². The highest BCUT2D eigenvalue weighted by atomic mass is 32.2. The van der Waals surface area contributed by atoms with Gasteiger partial charge in [-0.05, 0) is 36.6 Å². The van der Waals surface area contributed by atoms with Gasteiger partial charge in [0.2, 0.25) is 10.0 Å². The quantitative estimate of drug-likeness (QED) is 0.708. The molecule has 3 aromatic rings. The number of hydrogen-bond acceptors (Lipinski definition) is 6. The fraction of sp³-hybridized carbons (Fsp3) is 0.350. The normalized spacial score (nSPS) is 18.8. The van der Waals surface area contributed by atoms with Crippen LogP contribution in [0, 0.1) is 11.3 Å². The van der Waals surface area contributed by atoms with Crippen molar-refractivity contribution in [3.05, 3.63) is 54.0 Å². The third kappa shape index (κ3) is 3.14. The van der Waals surface area contributed by atoms with Crippen molar-refractivity contribution in [2.45, 2.75) is 24.1 Å². The number of H-pyrrole nitrogens is 1. The zero-order valence-corrected chi connectivity index (χ0v) is 16.6. The first-order chi connectivity index (χ1) is 14.0. The van der Waals surface area contributed by atoms with E-state index in [0.29, 0.717) is 30.8 Å². The van der Waals surface area contributed by atoms with Crippen molar-refractivity contribution in [2.75, 3.05) is 24.5 Å². The Kier molecular flexibility index (Phi) is 4.08. The van der Waals surface area contributed by atoms with Crippen LogP contribution in [0.1, 0.15) is 24.0 Å². The topological polar surface area (TPSA) is 106 Å². The van der Waals surface area contributed by atoms with Crippen molar-refractivity contribution in [3.63, 3.8) is 0 Å². The van der Waals surface area contributed by atoms with Gasteiger partial charge < -0.3 is 9.88 Å². The molecule has 1 saturated heterocycles. The molecule has 1 spiro atoms.